The van der Waals surface area contributed by atoms with Crippen LogP contribution < -0.4 is 25.0 Å². The smallest absolute Gasteiger partial charge is 0.326 e. The molecule has 0 radical (unpaired) electrons. The maximum Gasteiger partial charge on any atom is 0.326 e. The van der Waals surface area contributed by atoms with Crippen LogP contribution in [0.2, 0.25) is 0 Å². The van der Waals surface area contributed by atoms with Crippen molar-refractivity contribution in [1.29, 1.82) is 0 Å². The predicted octanol–water partition coefficient (Wildman–Crippen LogP) is 4.44. The van der Waals surface area contributed by atoms with Crippen molar-refractivity contribution in [2.45, 2.75) is 25.4 Å². The average Bonchev–Trinajstić information content (AvgIpc) is 3.09. The Balaban J connectivity index is 1.75. The Bertz CT molecular complexity index is 1810. The summed E-state index contributed by atoms with van der Waals surface area (Å²) < 4.78 is 22.3. The van der Waals surface area contributed by atoms with E-state index in [0.29, 0.717) is 63.9 Å². The van der Waals surface area contributed by atoms with Gasteiger partial charge in [-0.3, -0.25) is 4.79 Å². The molecule has 0 fully saturated rings. The normalized spacial score (nSPS) is 11.3. The van der Waals surface area contributed by atoms with Gasteiger partial charge < -0.3 is 44.7 Å². The maximum atomic E-state index is 12.9. The first-order chi connectivity index (χ1) is 23.7. The van der Waals surface area contributed by atoms with Gasteiger partial charge in [0, 0.05) is 49.0 Å². The standard InChI is InChI=1S/C35H37N5O9/c1-4-23-8-7-10-25(18-23)40(21-24-9-5-6-11-27(24)38-35(45)39-28(34(43)44)12-13-32(41)42)33-26-19-30(48-16-14-46-2)31(49-17-15-47-3)20-29(26)36-22-37-33/h1,5-11,18-20,22,28H,12-17,21H2,2-3H3,(H,41,42)(H,43,44)(H2,38,39,45)/t28-/m0/s1. The fraction of sp³-hybridized carbons (Fsp3) is 0.286. The molecule has 0 bridgehead atoms. The van der Waals surface area contributed by atoms with E-state index in [9.17, 15) is 19.5 Å². The average molecular weight is 672 g/mol. The lowest BCUT2D eigenvalue weighted by molar-refractivity contribution is -0.140. The Labute approximate surface area is 283 Å². The molecule has 0 spiro atoms. The molecule has 0 aliphatic rings. The molecule has 1 aromatic heterocycles. The monoisotopic (exact) mass is 671 g/mol. The molecule has 1 atom stereocenters. The number of anilines is 3. The number of para-hydroxylation sites is 1. The quantitative estimate of drug-likeness (QED) is 0.0864. The van der Waals surface area contributed by atoms with E-state index in [1.54, 1.807) is 56.7 Å². The molecular weight excluding hydrogens is 634 g/mol. The third kappa shape index (κ3) is 10.0. The highest BCUT2D eigenvalue weighted by Gasteiger charge is 2.23. The summed E-state index contributed by atoms with van der Waals surface area (Å²) in [7, 11) is 3.16. The van der Waals surface area contributed by atoms with Crippen LogP contribution in [0.1, 0.15) is 24.0 Å². The van der Waals surface area contributed by atoms with Crippen molar-refractivity contribution >= 4 is 46.1 Å². The number of fused-ring (bicyclic) bond motifs is 1. The van der Waals surface area contributed by atoms with Gasteiger partial charge in [0.2, 0.25) is 0 Å². The van der Waals surface area contributed by atoms with E-state index < -0.39 is 30.4 Å². The molecule has 0 aliphatic carbocycles. The predicted molar refractivity (Wildman–Crippen MR) is 181 cm³/mol. The van der Waals surface area contributed by atoms with Gasteiger partial charge in [0.1, 0.15) is 31.4 Å². The fourth-order valence-electron chi connectivity index (χ4n) is 4.81. The van der Waals surface area contributed by atoms with Gasteiger partial charge in [-0.15, -0.1) is 6.42 Å². The zero-order chi connectivity index (χ0) is 35.2. The molecule has 4 aromatic rings. The molecule has 4 rings (SSSR count). The molecule has 4 N–H and O–H groups in total. The number of aromatic nitrogens is 2. The molecule has 2 amide bonds. The van der Waals surface area contributed by atoms with Crippen LogP contribution in [0.4, 0.5) is 22.0 Å². The van der Waals surface area contributed by atoms with Crippen molar-refractivity contribution < 1.29 is 43.5 Å². The minimum absolute atomic E-state index is 0.171. The van der Waals surface area contributed by atoms with Crippen LogP contribution >= 0.6 is 0 Å². The number of nitrogens with one attached hydrogen (secondary N) is 2. The molecule has 0 saturated carbocycles. The molecule has 0 aliphatic heterocycles. The van der Waals surface area contributed by atoms with Gasteiger partial charge in [0.25, 0.3) is 0 Å². The number of methoxy groups -OCH3 is 2. The van der Waals surface area contributed by atoms with E-state index in [1.807, 2.05) is 23.1 Å². The van der Waals surface area contributed by atoms with Crippen LogP contribution in [-0.2, 0) is 25.6 Å². The Hall–Kier alpha value is -5.91. The van der Waals surface area contributed by atoms with Gasteiger partial charge in [-0.2, -0.15) is 0 Å². The summed E-state index contributed by atoms with van der Waals surface area (Å²) in [5, 5.41) is 24.2. The summed E-state index contributed by atoms with van der Waals surface area (Å²) >= 11 is 0. The number of terminal acetylenes is 1. The second-order valence-corrected chi connectivity index (χ2v) is 10.6. The second kappa shape index (κ2) is 17.9. The Morgan fingerprint density at radius 3 is 2.31 bits per heavy atom. The second-order valence-electron chi connectivity index (χ2n) is 10.6. The number of carboxylic acid groups (broad SMARTS) is 2. The van der Waals surface area contributed by atoms with Gasteiger partial charge in [0.15, 0.2) is 11.5 Å². The molecular formula is C35H37N5O9. The number of amides is 2. The van der Waals surface area contributed by atoms with Crippen LogP contribution in [-0.4, -0.2) is 84.8 Å². The Morgan fingerprint density at radius 1 is 0.918 bits per heavy atom. The zero-order valence-electron chi connectivity index (χ0n) is 27.0. The molecule has 49 heavy (non-hydrogen) atoms. The van der Waals surface area contributed by atoms with E-state index >= 15 is 0 Å². The number of carboxylic acids is 2. The first-order valence-corrected chi connectivity index (χ1v) is 15.2. The molecule has 0 saturated heterocycles. The number of carbonyl (C=O) groups is 3. The van der Waals surface area contributed by atoms with Crippen LogP contribution in [0.25, 0.3) is 10.9 Å². The SMILES string of the molecule is C#Cc1cccc(N(Cc2ccccc2NC(=O)N[C@@H](CCC(=O)O)C(=O)O)c2ncnc3cc(OCCOC)c(OCCOC)cc23)c1. The van der Waals surface area contributed by atoms with Crippen LogP contribution in [0.15, 0.2) is 67.0 Å². The Morgan fingerprint density at radius 2 is 1.63 bits per heavy atom. The highest BCUT2D eigenvalue weighted by Crippen LogP contribution is 2.38. The lowest BCUT2D eigenvalue weighted by Gasteiger charge is -2.27. The molecule has 14 nitrogen and oxygen atoms in total. The fourth-order valence-corrected chi connectivity index (χ4v) is 4.81. The molecule has 14 heteroatoms. The Kier molecular flexibility index (Phi) is 13.1. The van der Waals surface area contributed by atoms with Gasteiger partial charge in [0.05, 0.1) is 25.3 Å². The van der Waals surface area contributed by atoms with Crippen LogP contribution in [0, 0.1) is 12.3 Å². The number of hydrogen-bond donors (Lipinski definition) is 4. The number of hydrogen-bond acceptors (Lipinski definition) is 10. The highest BCUT2D eigenvalue weighted by molar-refractivity contribution is 5.95. The maximum absolute atomic E-state index is 12.9. The summed E-state index contributed by atoms with van der Waals surface area (Å²) in [6.07, 6.45) is 6.48. The van der Waals surface area contributed by atoms with Crippen LogP contribution in [0.3, 0.4) is 0 Å². The third-order valence-electron chi connectivity index (χ3n) is 7.19. The number of aliphatic carboxylic acids is 2. The van der Waals surface area contributed by atoms with Gasteiger partial charge in [-0.1, -0.05) is 30.2 Å². The first kappa shape index (κ1) is 35.9. The topological polar surface area (TPSA) is 182 Å². The summed E-state index contributed by atoms with van der Waals surface area (Å²) in [5.74, 6) is 1.55. The first-order valence-electron chi connectivity index (χ1n) is 15.2. The summed E-state index contributed by atoms with van der Waals surface area (Å²) in [4.78, 5) is 46.7. The van der Waals surface area contributed by atoms with Crippen molar-refractivity contribution in [3.63, 3.8) is 0 Å². The van der Waals surface area contributed by atoms with E-state index in [-0.39, 0.29) is 26.2 Å². The van der Waals surface area contributed by atoms with Gasteiger partial charge in [-0.25, -0.2) is 19.6 Å². The molecule has 256 valence electrons. The van der Waals surface area contributed by atoms with Crippen molar-refractivity contribution in [1.82, 2.24) is 15.3 Å². The molecule has 3 aromatic carbocycles. The van der Waals surface area contributed by atoms with Crippen molar-refractivity contribution in [3.8, 4) is 23.8 Å². The van der Waals surface area contributed by atoms with Crippen molar-refractivity contribution in [2.24, 2.45) is 0 Å². The van der Waals surface area contributed by atoms with E-state index in [2.05, 4.69) is 26.5 Å². The number of carbonyl (C=O) groups excluding carboxylic acids is 1. The number of nitrogens with zero attached hydrogens (tertiary/aromatic N) is 3. The largest absolute Gasteiger partial charge is 0.487 e. The van der Waals surface area contributed by atoms with Gasteiger partial charge >= 0.3 is 18.0 Å². The van der Waals surface area contributed by atoms with E-state index in [1.165, 1.54) is 6.33 Å². The van der Waals surface area contributed by atoms with Crippen molar-refractivity contribution in [3.05, 3.63) is 78.1 Å². The number of urea groups is 1. The number of rotatable bonds is 18. The molecule has 1 heterocycles. The van der Waals surface area contributed by atoms with E-state index in [4.69, 9.17) is 30.5 Å². The van der Waals surface area contributed by atoms with Gasteiger partial charge in [-0.05, 0) is 42.3 Å². The number of benzene rings is 3. The lowest BCUT2D eigenvalue weighted by Crippen LogP contribution is -2.43. The number of ether oxygens (including phenoxy) is 4. The zero-order valence-corrected chi connectivity index (χ0v) is 27.0. The highest BCUT2D eigenvalue weighted by atomic mass is 16.5. The molecule has 0 unspecified atom stereocenters. The van der Waals surface area contributed by atoms with E-state index in [0.717, 1.165) is 0 Å². The lowest BCUT2D eigenvalue weighted by atomic mass is 10.1. The summed E-state index contributed by atoms with van der Waals surface area (Å²) in [5.41, 5.74) is 2.92. The minimum atomic E-state index is -1.40. The minimum Gasteiger partial charge on any atom is -0.487 e. The summed E-state index contributed by atoms with van der Waals surface area (Å²) in [6.45, 7) is 1.44. The van der Waals surface area contributed by atoms with Crippen molar-refractivity contribution in [2.75, 3.05) is 50.9 Å². The van der Waals surface area contributed by atoms with Crippen LogP contribution in [0.5, 0.6) is 11.5 Å². The summed E-state index contributed by atoms with van der Waals surface area (Å²) in [6, 6.07) is 15.7. The third-order valence-corrected chi connectivity index (χ3v) is 7.19.